The number of rotatable bonds is 7. The average Bonchev–Trinajstić information content (AvgIpc) is 3.41. The standard InChI is InChI=1S/C28H27N5O2S/c1-19-30-23-9-5-6-10-24(23)33(19)16-14-27(35)32-15-13-21-22(17-29)28(36-25(21)18-32)31-26(34)12-11-20-7-3-2-4-8-20/h2-10H,11-16,18H2,1H3,(H,31,34). The summed E-state index contributed by atoms with van der Waals surface area (Å²) in [6, 6.07) is 20.1. The number of hydrogen-bond donors (Lipinski definition) is 1. The van der Waals surface area contributed by atoms with Gasteiger partial charge in [0.2, 0.25) is 11.8 Å². The maximum atomic E-state index is 13.1. The molecule has 7 nitrogen and oxygen atoms in total. The zero-order valence-electron chi connectivity index (χ0n) is 20.2. The van der Waals surface area contributed by atoms with Gasteiger partial charge >= 0.3 is 0 Å². The van der Waals surface area contributed by atoms with E-state index in [1.54, 1.807) is 0 Å². The van der Waals surface area contributed by atoms with E-state index in [2.05, 4.69) is 20.9 Å². The molecular formula is C28H27N5O2S. The largest absolute Gasteiger partial charge is 0.337 e. The van der Waals surface area contributed by atoms with Crippen LogP contribution in [0, 0.1) is 18.3 Å². The number of anilines is 1. The number of amides is 2. The Morgan fingerprint density at radius 3 is 2.69 bits per heavy atom. The van der Waals surface area contributed by atoms with Crippen LogP contribution >= 0.6 is 11.3 Å². The third-order valence-electron chi connectivity index (χ3n) is 6.65. The smallest absolute Gasteiger partial charge is 0.225 e. The van der Waals surface area contributed by atoms with Crippen molar-refractivity contribution in [1.29, 1.82) is 5.26 Å². The van der Waals surface area contributed by atoms with E-state index in [4.69, 9.17) is 0 Å². The molecule has 182 valence electrons. The van der Waals surface area contributed by atoms with Crippen LogP contribution in [0.2, 0.25) is 0 Å². The Morgan fingerprint density at radius 1 is 1.11 bits per heavy atom. The third kappa shape index (κ3) is 4.88. The van der Waals surface area contributed by atoms with E-state index in [1.807, 2.05) is 66.4 Å². The third-order valence-corrected chi connectivity index (χ3v) is 7.78. The van der Waals surface area contributed by atoms with E-state index >= 15 is 0 Å². The monoisotopic (exact) mass is 497 g/mol. The number of benzene rings is 2. The number of para-hydroxylation sites is 2. The van der Waals surface area contributed by atoms with Gasteiger partial charge in [-0.15, -0.1) is 11.3 Å². The quantitative estimate of drug-likeness (QED) is 0.396. The van der Waals surface area contributed by atoms with Gasteiger partial charge < -0.3 is 14.8 Å². The Kier molecular flexibility index (Phi) is 6.83. The molecule has 2 aromatic heterocycles. The maximum absolute atomic E-state index is 13.1. The lowest BCUT2D eigenvalue weighted by atomic mass is 10.0. The number of carbonyl (C=O) groups excluding carboxylic acids is 2. The fourth-order valence-corrected chi connectivity index (χ4v) is 5.99. The molecule has 5 rings (SSSR count). The van der Waals surface area contributed by atoms with E-state index in [0.29, 0.717) is 55.9 Å². The van der Waals surface area contributed by atoms with Crippen molar-refractivity contribution in [3.05, 3.63) is 82.0 Å². The van der Waals surface area contributed by atoms with Crippen LogP contribution in [-0.2, 0) is 35.5 Å². The predicted octanol–water partition coefficient (Wildman–Crippen LogP) is 4.82. The Labute approximate surface area is 214 Å². The number of imidazole rings is 1. The summed E-state index contributed by atoms with van der Waals surface area (Å²) in [5, 5.41) is 13.3. The van der Waals surface area contributed by atoms with Gasteiger partial charge in [0.05, 0.1) is 23.1 Å². The highest BCUT2D eigenvalue weighted by atomic mass is 32.1. The minimum absolute atomic E-state index is 0.0817. The molecule has 0 aliphatic carbocycles. The van der Waals surface area contributed by atoms with Crippen molar-refractivity contribution in [2.75, 3.05) is 11.9 Å². The van der Waals surface area contributed by atoms with Gasteiger partial charge in [-0.2, -0.15) is 5.26 Å². The van der Waals surface area contributed by atoms with E-state index < -0.39 is 0 Å². The van der Waals surface area contributed by atoms with Crippen LogP contribution in [-0.4, -0.2) is 32.8 Å². The Balaban J connectivity index is 1.22. The first-order chi connectivity index (χ1) is 17.5. The second kappa shape index (κ2) is 10.3. The van der Waals surface area contributed by atoms with Crippen molar-refractivity contribution in [2.24, 2.45) is 0 Å². The Bertz CT molecular complexity index is 1460. The second-order valence-corrected chi connectivity index (χ2v) is 10.1. The topological polar surface area (TPSA) is 91.0 Å². The fourth-order valence-electron chi connectivity index (χ4n) is 4.76. The van der Waals surface area contributed by atoms with Crippen molar-refractivity contribution in [2.45, 2.75) is 45.7 Å². The van der Waals surface area contributed by atoms with Crippen LogP contribution in [0.5, 0.6) is 0 Å². The summed E-state index contributed by atoms with van der Waals surface area (Å²) in [7, 11) is 0. The van der Waals surface area contributed by atoms with Crippen LogP contribution in [0.1, 0.15) is 40.2 Å². The SMILES string of the molecule is Cc1nc2ccccc2n1CCC(=O)N1CCc2c(sc(NC(=O)CCc3ccccc3)c2C#N)C1. The van der Waals surface area contributed by atoms with Crippen molar-refractivity contribution in [3.63, 3.8) is 0 Å². The summed E-state index contributed by atoms with van der Waals surface area (Å²) in [5.41, 5.74) is 4.57. The average molecular weight is 498 g/mol. The first kappa shape index (κ1) is 23.8. The normalized spacial score (nSPS) is 12.8. The molecule has 2 aromatic carbocycles. The molecule has 1 aliphatic heterocycles. The molecule has 0 fully saturated rings. The summed E-state index contributed by atoms with van der Waals surface area (Å²) >= 11 is 1.41. The number of fused-ring (bicyclic) bond motifs is 2. The number of aromatic nitrogens is 2. The molecule has 0 saturated heterocycles. The molecule has 0 spiro atoms. The Morgan fingerprint density at radius 2 is 1.89 bits per heavy atom. The molecule has 0 atom stereocenters. The number of carbonyl (C=O) groups is 2. The molecular weight excluding hydrogens is 470 g/mol. The number of nitrogens with one attached hydrogen (secondary N) is 1. The highest BCUT2D eigenvalue weighted by molar-refractivity contribution is 7.16. The number of aryl methyl sites for hydroxylation is 3. The van der Waals surface area contributed by atoms with Crippen LogP contribution in [0.3, 0.4) is 0 Å². The molecule has 1 aliphatic rings. The lowest BCUT2D eigenvalue weighted by Crippen LogP contribution is -2.35. The van der Waals surface area contributed by atoms with Crippen molar-refractivity contribution in [3.8, 4) is 6.07 Å². The summed E-state index contributed by atoms with van der Waals surface area (Å²) in [6.45, 7) is 3.58. The molecule has 0 unspecified atom stereocenters. The molecule has 0 radical (unpaired) electrons. The summed E-state index contributed by atoms with van der Waals surface area (Å²) in [4.78, 5) is 33.1. The zero-order valence-corrected chi connectivity index (χ0v) is 21.0. The van der Waals surface area contributed by atoms with Gasteiger partial charge in [-0.05, 0) is 43.0 Å². The molecule has 2 amide bonds. The van der Waals surface area contributed by atoms with E-state index in [-0.39, 0.29) is 11.8 Å². The number of hydrogen-bond acceptors (Lipinski definition) is 5. The lowest BCUT2D eigenvalue weighted by Gasteiger charge is -2.27. The fraction of sp³-hybridized carbons (Fsp3) is 0.286. The van der Waals surface area contributed by atoms with E-state index in [1.165, 1.54) is 11.3 Å². The minimum atomic E-state index is -0.107. The predicted molar refractivity (Wildman–Crippen MR) is 141 cm³/mol. The van der Waals surface area contributed by atoms with Crippen molar-refractivity contribution >= 4 is 39.2 Å². The van der Waals surface area contributed by atoms with Gasteiger partial charge in [-0.1, -0.05) is 42.5 Å². The number of thiophene rings is 1. The van der Waals surface area contributed by atoms with Gasteiger partial charge in [-0.25, -0.2) is 4.98 Å². The molecule has 3 heterocycles. The van der Waals surface area contributed by atoms with Crippen LogP contribution in [0.15, 0.2) is 54.6 Å². The van der Waals surface area contributed by atoms with Crippen LogP contribution in [0.25, 0.3) is 11.0 Å². The van der Waals surface area contributed by atoms with Gasteiger partial charge in [0.25, 0.3) is 0 Å². The number of nitriles is 1. The molecule has 1 N–H and O–H groups in total. The first-order valence-corrected chi connectivity index (χ1v) is 12.9. The van der Waals surface area contributed by atoms with Gasteiger partial charge in [0.1, 0.15) is 16.9 Å². The highest BCUT2D eigenvalue weighted by Crippen LogP contribution is 2.37. The Hall–Kier alpha value is -3.96. The van der Waals surface area contributed by atoms with Gasteiger partial charge in [0.15, 0.2) is 0 Å². The maximum Gasteiger partial charge on any atom is 0.225 e. The molecule has 36 heavy (non-hydrogen) atoms. The lowest BCUT2D eigenvalue weighted by molar-refractivity contribution is -0.132. The van der Waals surface area contributed by atoms with Gasteiger partial charge in [0, 0.05) is 30.8 Å². The molecule has 0 saturated carbocycles. The highest BCUT2D eigenvalue weighted by Gasteiger charge is 2.27. The second-order valence-electron chi connectivity index (χ2n) is 8.97. The zero-order chi connectivity index (χ0) is 25.1. The number of nitrogens with zero attached hydrogens (tertiary/aromatic N) is 4. The molecule has 8 heteroatoms. The van der Waals surface area contributed by atoms with Crippen LogP contribution in [0.4, 0.5) is 5.00 Å². The molecule has 4 aromatic rings. The van der Waals surface area contributed by atoms with Crippen LogP contribution < -0.4 is 5.32 Å². The minimum Gasteiger partial charge on any atom is -0.337 e. The first-order valence-electron chi connectivity index (χ1n) is 12.1. The van der Waals surface area contributed by atoms with Crippen molar-refractivity contribution < 1.29 is 9.59 Å². The molecule has 0 bridgehead atoms. The van der Waals surface area contributed by atoms with E-state index in [9.17, 15) is 14.9 Å². The summed E-state index contributed by atoms with van der Waals surface area (Å²) in [6.07, 6.45) is 2.00. The summed E-state index contributed by atoms with van der Waals surface area (Å²) in [5.74, 6) is 0.873. The van der Waals surface area contributed by atoms with Crippen molar-refractivity contribution in [1.82, 2.24) is 14.5 Å². The van der Waals surface area contributed by atoms with E-state index in [0.717, 1.165) is 32.9 Å². The van der Waals surface area contributed by atoms with Gasteiger partial charge in [-0.3, -0.25) is 9.59 Å². The summed E-state index contributed by atoms with van der Waals surface area (Å²) < 4.78 is 2.09.